The molecule has 1 nitrogen and oxygen atoms in total. The molecule has 1 saturated heterocycles. The summed E-state index contributed by atoms with van der Waals surface area (Å²) in [6.45, 7) is 6.96. The van der Waals surface area contributed by atoms with Crippen molar-refractivity contribution in [3.05, 3.63) is 34.9 Å². The first-order valence-electron chi connectivity index (χ1n) is 5.70. The minimum Gasteiger partial charge on any atom is -0.299 e. The maximum Gasteiger partial charge on any atom is 0.0406 e. The number of halogens is 1. The second kappa shape index (κ2) is 4.54. The SMILES string of the molecule is CCC(C)N1CC(c2ccc(Cl)cc2)C1. The van der Waals surface area contributed by atoms with Crippen molar-refractivity contribution in [3.63, 3.8) is 0 Å². The van der Waals surface area contributed by atoms with E-state index in [1.807, 2.05) is 12.1 Å². The van der Waals surface area contributed by atoms with Crippen LogP contribution in [0.25, 0.3) is 0 Å². The molecule has 0 N–H and O–H groups in total. The van der Waals surface area contributed by atoms with Gasteiger partial charge < -0.3 is 0 Å². The molecule has 1 heterocycles. The van der Waals surface area contributed by atoms with Crippen molar-refractivity contribution < 1.29 is 0 Å². The number of benzene rings is 1. The van der Waals surface area contributed by atoms with Gasteiger partial charge in [0.05, 0.1) is 0 Å². The summed E-state index contributed by atoms with van der Waals surface area (Å²) in [4.78, 5) is 2.54. The number of hydrogen-bond acceptors (Lipinski definition) is 1. The fourth-order valence-electron chi connectivity index (χ4n) is 2.08. The quantitative estimate of drug-likeness (QED) is 0.758. The first-order valence-corrected chi connectivity index (χ1v) is 6.08. The monoisotopic (exact) mass is 223 g/mol. The molecule has 0 aromatic heterocycles. The molecule has 1 aromatic rings. The van der Waals surface area contributed by atoms with Gasteiger partial charge in [-0.05, 0) is 31.0 Å². The Hall–Kier alpha value is -0.530. The summed E-state index contributed by atoms with van der Waals surface area (Å²) in [7, 11) is 0. The van der Waals surface area contributed by atoms with Crippen molar-refractivity contribution in [1.82, 2.24) is 4.90 Å². The first-order chi connectivity index (χ1) is 7.20. The van der Waals surface area contributed by atoms with E-state index >= 15 is 0 Å². The van der Waals surface area contributed by atoms with Crippen molar-refractivity contribution >= 4 is 11.6 Å². The largest absolute Gasteiger partial charge is 0.299 e. The van der Waals surface area contributed by atoms with Crippen LogP contribution in [0.15, 0.2) is 24.3 Å². The van der Waals surface area contributed by atoms with E-state index in [0.29, 0.717) is 0 Å². The molecule has 0 saturated carbocycles. The highest BCUT2D eigenvalue weighted by Gasteiger charge is 2.30. The molecule has 1 fully saturated rings. The summed E-state index contributed by atoms with van der Waals surface area (Å²) in [6, 6.07) is 9.02. The fraction of sp³-hybridized carbons (Fsp3) is 0.538. The zero-order valence-corrected chi connectivity index (χ0v) is 10.2. The van der Waals surface area contributed by atoms with E-state index < -0.39 is 0 Å². The van der Waals surface area contributed by atoms with Crippen LogP contribution in [0.1, 0.15) is 31.7 Å². The molecule has 1 aliphatic heterocycles. The second-order valence-electron chi connectivity index (χ2n) is 4.46. The van der Waals surface area contributed by atoms with Gasteiger partial charge in [0.15, 0.2) is 0 Å². The minimum absolute atomic E-state index is 0.719. The van der Waals surface area contributed by atoms with Gasteiger partial charge in [0, 0.05) is 30.1 Å². The van der Waals surface area contributed by atoms with E-state index in [2.05, 4.69) is 30.9 Å². The third-order valence-corrected chi connectivity index (χ3v) is 3.72. The zero-order valence-electron chi connectivity index (χ0n) is 9.41. The molecule has 1 aliphatic rings. The Bertz CT molecular complexity index is 314. The fourth-order valence-corrected chi connectivity index (χ4v) is 2.20. The van der Waals surface area contributed by atoms with Crippen LogP contribution in [-0.2, 0) is 0 Å². The third kappa shape index (κ3) is 2.35. The molecule has 1 unspecified atom stereocenters. The molecule has 0 radical (unpaired) electrons. The lowest BCUT2D eigenvalue weighted by Crippen LogP contribution is -2.49. The molecular weight excluding hydrogens is 206 g/mol. The van der Waals surface area contributed by atoms with Crippen molar-refractivity contribution in [1.29, 1.82) is 0 Å². The molecule has 0 aliphatic carbocycles. The zero-order chi connectivity index (χ0) is 10.8. The Morgan fingerprint density at radius 3 is 2.47 bits per heavy atom. The van der Waals surface area contributed by atoms with Gasteiger partial charge in [0.2, 0.25) is 0 Å². The third-order valence-electron chi connectivity index (χ3n) is 3.47. The van der Waals surface area contributed by atoms with E-state index in [4.69, 9.17) is 11.6 Å². The molecule has 0 spiro atoms. The Balaban J connectivity index is 1.91. The smallest absolute Gasteiger partial charge is 0.0406 e. The van der Waals surface area contributed by atoms with E-state index in [9.17, 15) is 0 Å². The summed E-state index contributed by atoms with van der Waals surface area (Å²) in [5.74, 6) is 0.719. The number of nitrogens with zero attached hydrogens (tertiary/aromatic N) is 1. The van der Waals surface area contributed by atoms with Crippen LogP contribution in [0.4, 0.5) is 0 Å². The van der Waals surface area contributed by atoms with E-state index in [1.165, 1.54) is 25.1 Å². The average molecular weight is 224 g/mol. The predicted octanol–water partition coefficient (Wildman–Crippen LogP) is 3.54. The molecule has 0 bridgehead atoms. The second-order valence-corrected chi connectivity index (χ2v) is 4.90. The van der Waals surface area contributed by atoms with Gasteiger partial charge in [0.25, 0.3) is 0 Å². The maximum atomic E-state index is 5.87. The molecule has 1 atom stereocenters. The normalized spacial score (nSPS) is 19.9. The van der Waals surface area contributed by atoms with Gasteiger partial charge in [-0.2, -0.15) is 0 Å². The Labute approximate surface area is 97.0 Å². The van der Waals surface area contributed by atoms with E-state index in [1.54, 1.807) is 0 Å². The van der Waals surface area contributed by atoms with Gasteiger partial charge in [0.1, 0.15) is 0 Å². The summed E-state index contributed by atoms with van der Waals surface area (Å²) in [5, 5.41) is 0.830. The Morgan fingerprint density at radius 2 is 1.93 bits per heavy atom. The van der Waals surface area contributed by atoms with Gasteiger partial charge in [-0.3, -0.25) is 4.90 Å². The molecule has 1 aromatic carbocycles. The van der Waals surface area contributed by atoms with Gasteiger partial charge in [-0.15, -0.1) is 0 Å². The topological polar surface area (TPSA) is 3.24 Å². The summed E-state index contributed by atoms with van der Waals surface area (Å²) in [5.41, 5.74) is 1.43. The summed E-state index contributed by atoms with van der Waals surface area (Å²) < 4.78 is 0. The lowest BCUT2D eigenvalue weighted by molar-refractivity contribution is 0.0982. The summed E-state index contributed by atoms with van der Waals surface area (Å²) >= 11 is 5.87. The average Bonchev–Trinajstić information content (AvgIpc) is 2.18. The molecule has 2 heteroatoms. The van der Waals surface area contributed by atoms with Crippen molar-refractivity contribution in [2.24, 2.45) is 0 Å². The van der Waals surface area contributed by atoms with Crippen molar-refractivity contribution in [3.8, 4) is 0 Å². The van der Waals surface area contributed by atoms with Crippen LogP contribution >= 0.6 is 11.6 Å². The lowest BCUT2D eigenvalue weighted by Gasteiger charge is -2.43. The number of hydrogen-bond donors (Lipinski definition) is 0. The standard InChI is InChI=1S/C13H18ClN/c1-3-10(2)15-8-12(9-15)11-4-6-13(14)7-5-11/h4-7,10,12H,3,8-9H2,1-2H3. The molecule has 2 rings (SSSR count). The van der Waals surface area contributed by atoms with Crippen molar-refractivity contribution in [2.45, 2.75) is 32.2 Å². The lowest BCUT2D eigenvalue weighted by atomic mass is 9.90. The highest BCUT2D eigenvalue weighted by molar-refractivity contribution is 6.30. The van der Waals surface area contributed by atoms with Gasteiger partial charge in [-0.1, -0.05) is 30.7 Å². The van der Waals surface area contributed by atoms with E-state index in [0.717, 1.165) is 17.0 Å². The molecule has 82 valence electrons. The predicted molar refractivity (Wildman–Crippen MR) is 65.5 cm³/mol. The maximum absolute atomic E-state index is 5.87. The van der Waals surface area contributed by atoms with Crippen LogP contribution < -0.4 is 0 Å². The number of rotatable bonds is 3. The van der Waals surface area contributed by atoms with Crippen LogP contribution in [0.5, 0.6) is 0 Å². The number of likely N-dealkylation sites (tertiary alicyclic amines) is 1. The molecular formula is C13H18ClN. The van der Waals surface area contributed by atoms with Gasteiger partial charge >= 0.3 is 0 Å². The van der Waals surface area contributed by atoms with Crippen LogP contribution in [0, 0.1) is 0 Å². The van der Waals surface area contributed by atoms with Crippen LogP contribution in [0.2, 0.25) is 5.02 Å². The highest BCUT2D eigenvalue weighted by atomic mass is 35.5. The van der Waals surface area contributed by atoms with E-state index in [-0.39, 0.29) is 0 Å². The van der Waals surface area contributed by atoms with Crippen LogP contribution in [0.3, 0.4) is 0 Å². The molecule has 0 amide bonds. The minimum atomic E-state index is 0.719. The summed E-state index contributed by atoms with van der Waals surface area (Å²) in [6.07, 6.45) is 1.24. The molecule has 15 heavy (non-hydrogen) atoms. The first kappa shape index (κ1) is 11.0. The van der Waals surface area contributed by atoms with Crippen molar-refractivity contribution in [2.75, 3.05) is 13.1 Å². The Morgan fingerprint density at radius 1 is 1.33 bits per heavy atom. The highest BCUT2D eigenvalue weighted by Crippen LogP contribution is 2.29. The Kier molecular flexibility index (Phi) is 3.32. The van der Waals surface area contributed by atoms with Gasteiger partial charge in [-0.25, -0.2) is 0 Å². The van der Waals surface area contributed by atoms with Crippen LogP contribution in [-0.4, -0.2) is 24.0 Å².